The second kappa shape index (κ2) is 9.20. The molecule has 27 heavy (non-hydrogen) atoms. The fraction of sp³-hybridized carbons (Fsp3) is 0.667. The summed E-state index contributed by atoms with van der Waals surface area (Å²) in [7, 11) is 1.31. The van der Waals surface area contributed by atoms with Gasteiger partial charge in [-0.1, -0.05) is 33.1 Å². The normalized spacial score (nSPS) is 15.0. The summed E-state index contributed by atoms with van der Waals surface area (Å²) >= 11 is 0. The molecular weight excluding hydrogens is 344 g/mol. The number of amides is 1. The van der Waals surface area contributed by atoms with Crippen molar-refractivity contribution in [3.8, 4) is 0 Å². The molecule has 2 rings (SSSR count). The van der Waals surface area contributed by atoms with Gasteiger partial charge in [-0.3, -0.25) is 9.59 Å². The van der Waals surface area contributed by atoms with Crippen molar-refractivity contribution in [2.75, 3.05) is 13.7 Å². The molecule has 1 aromatic rings. The highest BCUT2D eigenvalue weighted by atomic mass is 16.5. The third-order valence-electron chi connectivity index (χ3n) is 5.34. The number of nitrogens with zero attached hydrogens (tertiary/aromatic N) is 1. The molecule has 6 nitrogen and oxygen atoms in total. The van der Waals surface area contributed by atoms with E-state index in [4.69, 9.17) is 4.74 Å². The molecule has 0 saturated heterocycles. The molecule has 0 aliphatic heterocycles. The molecule has 0 radical (unpaired) electrons. The predicted molar refractivity (Wildman–Crippen MR) is 104 cm³/mol. The summed E-state index contributed by atoms with van der Waals surface area (Å²) in [5.41, 5.74) is 2.02. The number of aryl methyl sites for hydroxylation is 1. The van der Waals surface area contributed by atoms with Gasteiger partial charge in [-0.15, -0.1) is 0 Å². The maximum absolute atomic E-state index is 13.1. The molecule has 0 bridgehead atoms. The summed E-state index contributed by atoms with van der Waals surface area (Å²) in [6.07, 6.45) is 5.74. The third kappa shape index (κ3) is 4.99. The third-order valence-corrected chi connectivity index (χ3v) is 5.34. The van der Waals surface area contributed by atoms with Crippen LogP contribution in [0.15, 0.2) is 0 Å². The molecule has 1 amide bonds. The number of methoxy groups -OCH3 is 1. The number of carbonyl (C=O) groups excluding carboxylic acids is 3. The number of H-pyrrole nitrogens is 1. The summed E-state index contributed by atoms with van der Waals surface area (Å²) in [4.78, 5) is 42.6. The van der Waals surface area contributed by atoms with Crippen molar-refractivity contribution in [3.05, 3.63) is 22.5 Å². The highest BCUT2D eigenvalue weighted by Gasteiger charge is 2.30. The first kappa shape index (κ1) is 21.2. The first-order valence-corrected chi connectivity index (χ1v) is 9.86. The Labute approximate surface area is 161 Å². The zero-order chi connectivity index (χ0) is 20.1. The minimum Gasteiger partial charge on any atom is -0.464 e. The Kier molecular flexibility index (Phi) is 7.22. The number of aromatic amines is 1. The minimum absolute atomic E-state index is 0.0456. The maximum atomic E-state index is 13.1. The van der Waals surface area contributed by atoms with Crippen LogP contribution in [-0.4, -0.2) is 47.2 Å². The Bertz CT molecular complexity index is 699. The number of ether oxygens (including phenoxy) is 1. The van der Waals surface area contributed by atoms with Crippen LogP contribution in [0.5, 0.6) is 0 Å². The lowest BCUT2D eigenvalue weighted by Crippen LogP contribution is -2.45. The summed E-state index contributed by atoms with van der Waals surface area (Å²) in [6, 6.07) is 0.133. The second-order valence-electron chi connectivity index (χ2n) is 7.95. The zero-order valence-electron chi connectivity index (χ0n) is 17.2. The Morgan fingerprint density at radius 2 is 1.78 bits per heavy atom. The van der Waals surface area contributed by atoms with Crippen molar-refractivity contribution in [1.82, 2.24) is 9.88 Å². The van der Waals surface area contributed by atoms with Crippen LogP contribution in [0, 0.1) is 19.8 Å². The topological polar surface area (TPSA) is 79.5 Å². The largest absolute Gasteiger partial charge is 0.464 e. The molecule has 1 saturated carbocycles. The summed E-state index contributed by atoms with van der Waals surface area (Å²) in [5, 5.41) is 0. The van der Waals surface area contributed by atoms with Crippen molar-refractivity contribution in [2.45, 2.75) is 72.3 Å². The van der Waals surface area contributed by atoms with E-state index in [0.29, 0.717) is 28.9 Å². The Hall–Kier alpha value is -2.11. The summed E-state index contributed by atoms with van der Waals surface area (Å²) < 4.78 is 4.78. The van der Waals surface area contributed by atoms with Crippen LogP contribution >= 0.6 is 0 Å². The van der Waals surface area contributed by atoms with E-state index in [2.05, 4.69) is 4.98 Å². The van der Waals surface area contributed by atoms with Gasteiger partial charge >= 0.3 is 5.97 Å². The van der Waals surface area contributed by atoms with Gasteiger partial charge in [0.1, 0.15) is 5.69 Å². The van der Waals surface area contributed by atoms with Gasteiger partial charge in [0, 0.05) is 23.7 Å². The SMILES string of the molecule is COC(=O)c1[nH]c(C)c(C(=O)CN(C(=O)CC(C)C)C2CCCCC2)c1C. The zero-order valence-corrected chi connectivity index (χ0v) is 17.2. The number of hydrogen-bond acceptors (Lipinski definition) is 4. The number of Topliss-reactive ketones (excluding diaryl/α,β-unsaturated/α-hetero) is 1. The highest BCUT2D eigenvalue weighted by Crippen LogP contribution is 2.26. The fourth-order valence-electron chi connectivity index (χ4n) is 3.99. The Morgan fingerprint density at radius 3 is 2.33 bits per heavy atom. The van der Waals surface area contributed by atoms with Gasteiger partial charge in [0.25, 0.3) is 0 Å². The van der Waals surface area contributed by atoms with Crippen LogP contribution in [0.3, 0.4) is 0 Å². The molecule has 1 heterocycles. The van der Waals surface area contributed by atoms with Gasteiger partial charge in [-0.2, -0.15) is 0 Å². The smallest absolute Gasteiger partial charge is 0.354 e. The number of ketones is 1. The molecule has 150 valence electrons. The Morgan fingerprint density at radius 1 is 1.15 bits per heavy atom. The van der Waals surface area contributed by atoms with Gasteiger partial charge in [-0.05, 0) is 38.2 Å². The van der Waals surface area contributed by atoms with Gasteiger partial charge in [-0.25, -0.2) is 4.79 Å². The van der Waals surface area contributed by atoms with E-state index < -0.39 is 5.97 Å². The standard InChI is InChI=1S/C21H32N2O4/c1-13(2)11-18(25)23(16-9-7-6-8-10-16)12-17(24)19-14(3)20(21(26)27-5)22-15(19)4/h13,16,22H,6-12H2,1-5H3. The van der Waals surface area contributed by atoms with Gasteiger partial charge in [0.15, 0.2) is 5.78 Å². The van der Waals surface area contributed by atoms with Gasteiger partial charge in [0.2, 0.25) is 5.91 Å². The van der Waals surface area contributed by atoms with Crippen LogP contribution in [0.25, 0.3) is 0 Å². The molecule has 1 aliphatic carbocycles. The van der Waals surface area contributed by atoms with E-state index >= 15 is 0 Å². The molecule has 6 heteroatoms. The lowest BCUT2D eigenvalue weighted by atomic mass is 9.93. The van der Waals surface area contributed by atoms with Crippen molar-refractivity contribution >= 4 is 17.7 Å². The Balaban J connectivity index is 2.26. The average molecular weight is 376 g/mol. The van der Waals surface area contributed by atoms with Gasteiger partial charge < -0.3 is 14.6 Å². The lowest BCUT2D eigenvalue weighted by Gasteiger charge is -2.34. The van der Waals surface area contributed by atoms with E-state index in [9.17, 15) is 14.4 Å². The number of rotatable bonds is 7. The number of aromatic nitrogens is 1. The minimum atomic E-state index is -0.491. The van der Waals surface area contributed by atoms with Crippen LogP contribution in [0.4, 0.5) is 0 Å². The number of carbonyl (C=O) groups is 3. The summed E-state index contributed by atoms with van der Waals surface area (Å²) in [5.74, 6) is -0.321. The van der Waals surface area contributed by atoms with Crippen LogP contribution in [0.2, 0.25) is 0 Å². The van der Waals surface area contributed by atoms with E-state index in [-0.39, 0.29) is 30.2 Å². The fourth-order valence-corrected chi connectivity index (χ4v) is 3.99. The van der Waals surface area contributed by atoms with Crippen molar-refractivity contribution in [2.24, 2.45) is 5.92 Å². The van der Waals surface area contributed by atoms with Crippen LogP contribution in [-0.2, 0) is 9.53 Å². The molecule has 1 fully saturated rings. The predicted octanol–water partition coefficient (Wildman–Crippen LogP) is 3.81. The van der Waals surface area contributed by atoms with Crippen molar-refractivity contribution in [3.63, 3.8) is 0 Å². The molecule has 1 aromatic heterocycles. The molecule has 0 atom stereocenters. The van der Waals surface area contributed by atoms with E-state index in [1.54, 1.807) is 18.7 Å². The lowest BCUT2D eigenvalue weighted by molar-refractivity contribution is -0.134. The number of nitrogens with one attached hydrogen (secondary N) is 1. The van der Waals surface area contributed by atoms with Crippen LogP contribution < -0.4 is 0 Å². The molecule has 0 aromatic carbocycles. The van der Waals surface area contributed by atoms with Crippen LogP contribution in [0.1, 0.15) is 84.5 Å². The second-order valence-corrected chi connectivity index (χ2v) is 7.95. The van der Waals surface area contributed by atoms with E-state index in [0.717, 1.165) is 25.7 Å². The van der Waals surface area contributed by atoms with E-state index in [1.165, 1.54) is 13.5 Å². The van der Waals surface area contributed by atoms with Crippen molar-refractivity contribution in [1.29, 1.82) is 0 Å². The van der Waals surface area contributed by atoms with E-state index in [1.807, 2.05) is 13.8 Å². The monoisotopic (exact) mass is 376 g/mol. The molecule has 1 aliphatic rings. The maximum Gasteiger partial charge on any atom is 0.354 e. The molecular formula is C21H32N2O4. The first-order valence-electron chi connectivity index (χ1n) is 9.86. The average Bonchev–Trinajstić information content (AvgIpc) is 2.93. The summed E-state index contributed by atoms with van der Waals surface area (Å²) in [6.45, 7) is 7.61. The first-order chi connectivity index (χ1) is 12.8. The highest BCUT2D eigenvalue weighted by molar-refractivity contribution is 6.04. The quantitative estimate of drug-likeness (QED) is 0.580. The van der Waals surface area contributed by atoms with Crippen molar-refractivity contribution < 1.29 is 19.1 Å². The molecule has 0 unspecified atom stereocenters. The number of esters is 1. The molecule has 1 N–H and O–H groups in total. The number of hydrogen-bond donors (Lipinski definition) is 1. The van der Waals surface area contributed by atoms with Gasteiger partial charge in [0.05, 0.1) is 13.7 Å². The molecule has 0 spiro atoms.